The Balaban J connectivity index is 2.71. The van der Waals surface area contributed by atoms with E-state index in [4.69, 9.17) is 5.21 Å². The highest BCUT2D eigenvalue weighted by atomic mass is 19.3. The van der Waals surface area contributed by atoms with E-state index in [1.54, 1.807) is 0 Å². The molecule has 1 aliphatic rings. The van der Waals surface area contributed by atoms with Crippen LogP contribution in [0.5, 0.6) is 0 Å². The first-order valence-electron chi connectivity index (χ1n) is 3.00. The lowest BCUT2D eigenvalue weighted by atomic mass is 10.1. The lowest BCUT2D eigenvalue weighted by Gasteiger charge is -1.95. The topological polar surface area (TPSA) is 32.6 Å². The van der Waals surface area contributed by atoms with Crippen LogP contribution in [0.3, 0.4) is 0 Å². The SMILES string of the molecule is CC1(C)C(/C=N\O)C1(F)F. The second-order valence-electron chi connectivity index (χ2n) is 3.09. The van der Waals surface area contributed by atoms with Gasteiger partial charge in [-0.15, -0.1) is 5.16 Å². The second kappa shape index (κ2) is 1.68. The van der Waals surface area contributed by atoms with E-state index in [-0.39, 0.29) is 0 Å². The summed E-state index contributed by atoms with van der Waals surface area (Å²) in [5.41, 5.74) is -1.03. The maximum Gasteiger partial charge on any atom is 0.262 e. The van der Waals surface area contributed by atoms with Gasteiger partial charge in [-0.3, -0.25) is 0 Å². The van der Waals surface area contributed by atoms with E-state index in [9.17, 15) is 8.78 Å². The zero-order valence-electron chi connectivity index (χ0n) is 5.81. The molecule has 0 aromatic heterocycles. The average molecular weight is 149 g/mol. The molecule has 1 unspecified atom stereocenters. The zero-order valence-corrected chi connectivity index (χ0v) is 5.81. The Morgan fingerprint density at radius 2 is 1.90 bits per heavy atom. The molecule has 1 rings (SSSR count). The first-order valence-corrected chi connectivity index (χ1v) is 3.00. The van der Waals surface area contributed by atoms with Crippen molar-refractivity contribution in [3.05, 3.63) is 0 Å². The molecule has 1 aliphatic carbocycles. The van der Waals surface area contributed by atoms with Crippen LogP contribution in [0, 0.1) is 11.3 Å². The monoisotopic (exact) mass is 149 g/mol. The number of nitrogens with zero attached hydrogens (tertiary/aromatic N) is 1. The van der Waals surface area contributed by atoms with Gasteiger partial charge < -0.3 is 5.21 Å². The third-order valence-corrected chi connectivity index (χ3v) is 2.16. The number of hydrogen-bond acceptors (Lipinski definition) is 2. The van der Waals surface area contributed by atoms with Crippen molar-refractivity contribution in [2.45, 2.75) is 19.8 Å². The van der Waals surface area contributed by atoms with E-state index in [0.717, 1.165) is 6.21 Å². The summed E-state index contributed by atoms with van der Waals surface area (Å²) in [6, 6.07) is 0. The molecule has 0 amide bonds. The Morgan fingerprint density at radius 3 is 2.00 bits per heavy atom. The van der Waals surface area contributed by atoms with Crippen molar-refractivity contribution in [3.8, 4) is 0 Å². The maximum atomic E-state index is 12.6. The van der Waals surface area contributed by atoms with Crippen molar-refractivity contribution in [1.82, 2.24) is 0 Å². The molecule has 0 radical (unpaired) electrons. The molecular weight excluding hydrogens is 140 g/mol. The quantitative estimate of drug-likeness (QED) is 0.344. The predicted octanol–water partition coefficient (Wildman–Crippen LogP) is 1.74. The molecule has 1 fully saturated rings. The Kier molecular flexibility index (Phi) is 1.25. The van der Waals surface area contributed by atoms with Gasteiger partial charge in [-0.05, 0) is 0 Å². The van der Waals surface area contributed by atoms with E-state index >= 15 is 0 Å². The fourth-order valence-corrected chi connectivity index (χ4v) is 1.04. The molecule has 0 heterocycles. The molecule has 0 aromatic carbocycles. The minimum Gasteiger partial charge on any atom is -0.411 e. The van der Waals surface area contributed by atoms with Gasteiger partial charge in [-0.25, -0.2) is 8.78 Å². The van der Waals surface area contributed by atoms with Crippen LogP contribution in [0.1, 0.15) is 13.8 Å². The van der Waals surface area contributed by atoms with Crippen LogP contribution in [0.2, 0.25) is 0 Å². The van der Waals surface area contributed by atoms with Gasteiger partial charge in [0, 0.05) is 5.41 Å². The third kappa shape index (κ3) is 0.646. The molecule has 1 atom stereocenters. The number of halogens is 2. The lowest BCUT2D eigenvalue weighted by molar-refractivity contribution is 0.0719. The number of rotatable bonds is 1. The predicted molar refractivity (Wildman–Crippen MR) is 32.5 cm³/mol. The summed E-state index contributed by atoms with van der Waals surface area (Å²) < 4.78 is 25.1. The summed E-state index contributed by atoms with van der Waals surface area (Å²) in [4.78, 5) is 0. The van der Waals surface area contributed by atoms with Gasteiger partial charge in [0.05, 0.1) is 12.1 Å². The molecule has 0 spiro atoms. The van der Waals surface area contributed by atoms with Crippen LogP contribution < -0.4 is 0 Å². The Morgan fingerprint density at radius 1 is 1.50 bits per heavy atom. The number of hydrogen-bond donors (Lipinski definition) is 1. The highest BCUT2D eigenvalue weighted by molar-refractivity contribution is 5.68. The maximum absolute atomic E-state index is 12.6. The molecule has 2 nitrogen and oxygen atoms in total. The molecule has 4 heteroatoms. The second-order valence-corrected chi connectivity index (χ2v) is 3.09. The van der Waals surface area contributed by atoms with E-state index in [1.807, 2.05) is 0 Å². The zero-order chi connectivity index (χ0) is 7.99. The highest BCUT2D eigenvalue weighted by Gasteiger charge is 2.74. The van der Waals surface area contributed by atoms with E-state index in [2.05, 4.69) is 5.16 Å². The standard InChI is InChI=1S/C6H9F2NO/c1-5(2)4(3-9-10)6(5,7)8/h3-4,10H,1-2H3/b9-3-. The summed E-state index contributed by atoms with van der Waals surface area (Å²) in [6.07, 6.45) is 0.889. The summed E-state index contributed by atoms with van der Waals surface area (Å²) in [7, 11) is 0. The summed E-state index contributed by atoms with van der Waals surface area (Å²) in [5, 5.41) is 10.6. The summed E-state index contributed by atoms with van der Waals surface area (Å²) in [5.74, 6) is -3.59. The van der Waals surface area contributed by atoms with Crippen molar-refractivity contribution in [2.75, 3.05) is 0 Å². The highest BCUT2D eigenvalue weighted by Crippen LogP contribution is 2.64. The Bertz CT molecular complexity index is 163. The van der Waals surface area contributed by atoms with Gasteiger partial charge in [-0.1, -0.05) is 13.8 Å². The average Bonchev–Trinajstić information content (AvgIpc) is 2.13. The van der Waals surface area contributed by atoms with Gasteiger partial charge in [0.25, 0.3) is 5.92 Å². The van der Waals surface area contributed by atoms with Gasteiger partial charge in [-0.2, -0.15) is 0 Å². The number of alkyl halides is 2. The van der Waals surface area contributed by atoms with Crippen molar-refractivity contribution < 1.29 is 14.0 Å². The van der Waals surface area contributed by atoms with Crippen molar-refractivity contribution in [3.63, 3.8) is 0 Å². The molecule has 0 bridgehead atoms. The van der Waals surface area contributed by atoms with Gasteiger partial charge >= 0.3 is 0 Å². The normalized spacial score (nSPS) is 34.6. The molecule has 0 aromatic rings. The molecule has 0 aliphatic heterocycles. The molecule has 1 saturated carbocycles. The fraction of sp³-hybridized carbons (Fsp3) is 0.833. The molecule has 10 heavy (non-hydrogen) atoms. The molecule has 0 saturated heterocycles. The van der Waals surface area contributed by atoms with Gasteiger partial charge in [0.1, 0.15) is 0 Å². The summed E-state index contributed by atoms with van der Waals surface area (Å²) >= 11 is 0. The van der Waals surface area contributed by atoms with Crippen LogP contribution in [0.4, 0.5) is 8.78 Å². The van der Waals surface area contributed by atoms with Gasteiger partial charge in [0.2, 0.25) is 0 Å². The van der Waals surface area contributed by atoms with E-state index < -0.39 is 17.3 Å². The van der Waals surface area contributed by atoms with Crippen LogP contribution in [0.15, 0.2) is 5.16 Å². The minimum atomic E-state index is -2.70. The third-order valence-electron chi connectivity index (χ3n) is 2.16. The molecular formula is C6H9F2NO. The largest absolute Gasteiger partial charge is 0.411 e. The van der Waals surface area contributed by atoms with Crippen molar-refractivity contribution in [2.24, 2.45) is 16.5 Å². The van der Waals surface area contributed by atoms with Crippen LogP contribution in [-0.2, 0) is 0 Å². The summed E-state index contributed by atoms with van der Waals surface area (Å²) in [6.45, 7) is 2.89. The van der Waals surface area contributed by atoms with Crippen molar-refractivity contribution >= 4 is 6.21 Å². The Hall–Kier alpha value is -0.670. The van der Waals surface area contributed by atoms with Crippen LogP contribution in [0.25, 0.3) is 0 Å². The van der Waals surface area contributed by atoms with E-state index in [1.165, 1.54) is 13.8 Å². The first kappa shape index (κ1) is 7.44. The molecule has 58 valence electrons. The Labute approximate surface area is 57.5 Å². The van der Waals surface area contributed by atoms with Crippen LogP contribution in [-0.4, -0.2) is 17.3 Å². The lowest BCUT2D eigenvalue weighted by Crippen LogP contribution is -1.99. The minimum absolute atomic E-state index is 0.889. The van der Waals surface area contributed by atoms with E-state index in [0.29, 0.717) is 0 Å². The first-order chi connectivity index (χ1) is 4.44. The van der Waals surface area contributed by atoms with Crippen LogP contribution >= 0.6 is 0 Å². The number of oxime groups is 1. The van der Waals surface area contributed by atoms with Crippen molar-refractivity contribution in [1.29, 1.82) is 0 Å². The van der Waals surface area contributed by atoms with Gasteiger partial charge in [0.15, 0.2) is 0 Å². The smallest absolute Gasteiger partial charge is 0.262 e. The fourth-order valence-electron chi connectivity index (χ4n) is 1.04. The molecule has 1 N–H and O–H groups in total.